The zero-order valence-electron chi connectivity index (χ0n) is 15.3. The van der Waals surface area contributed by atoms with Crippen LogP contribution in [0.1, 0.15) is 31.4 Å². The maximum Gasteiger partial charge on any atom is 0.224 e. The van der Waals surface area contributed by atoms with Crippen molar-refractivity contribution in [2.75, 3.05) is 19.0 Å². The molecular weight excluding hydrogens is 312 g/mol. The van der Waals surface area contributed by atoms with Gasteiger partial charge in [0.05, 0.1) is 7.11 Å². The third-order valence-corrected chi connectivity index (χ3v) is 4.08. The number of hydrogen-bond acceptors (Lipinski definition) is 3. The first-order chi connectivity index (χ1) is 12.1. The summed E-state index contributed by atoms with van der Waals surface area (Å²) in [5, 5.41) is 6.30. The Morgan fingerprint density at radius 2 is 1.96 bits per heavy atom. The number of nitrogens with one attached hydrogen (secondary N) is 2. The first-order valence-corrected chi connectivity index (χ1v) is 8.83. The van der Waals surface area contributed by atoms with E-state index >= 15 is 0 Å². The van der Waals surface area contributed by atoms with Gasteiger partial charge < -0.3 is 15.4 Å². The zero-order chi connectivity index (χ0) is 18.1. The number of anilines is 1. The van der Waals surface area contributed by atoms with Crippen molar-refractivity contribution in [3.05, 3.63) is 59.7 Å². The van der Waals surface area contributed by atoms with Crippen LogP contribution in [0.25, 0.3) is 0 Å². The number of carbonyl (C=O) groups is 1. The highest BCUT2D eigenvalue weighted by Crippen LogP contribution is 2.22. The van der Waals surface area contributed by atoms with Gasteiger partial charge in [-0.15, -0.1) is 0 Å². The third-order valence-electron chi connectivity index (χ3n) is 4.08. The van der Waals surface area contributed by atoms with Crippen LogP contribution in [0.15, 0.2) is 48.5 Å². The minimum absolute atomic E-state index is 0.0444. The largest absolute Gasteiger partial charge is 0.496 e. The molecule has 2 N–H and O–H groups in total. The second-order valence-electron chi connectivity index (χ2n) is 6.35. The van der Waals surface area contributed by atoms with Crippen molar-refractivity contribution in [1.82, 2.24) is 5.32 Å². The summed E-state index contributed by atoms with van der Waals surface area (Å²) in [4.78, 5) is 12.3. The topological polar surface area (TPSA) is 50.4 Å². The van der Waals surface area contributed by atoms with E-state index in [2.05, 4.69) is 36.6 Å². The van der Waals surface area contributed by atoms with Crippen molar-refractivity contribution in [3.8, 4) is 5.75 Å². The van der Waals surface area contributed by atoms with E-state index in [4.69, 9.17) is 4.74 Å². The van der Waals surface area contributed by atoms with E-state index in [-0.39, 0.29) is 11.8 Å². The normalized spacial score (nSPS) is 11.8. The Morgan fingerprint density at radius 3 is 2.72 bits per heavy atom. The quantitative estimate of drug-likeness (QED) is 0.725. The molecule has 0 aliphatic carbocycles. The van der Waals surface area contributed by atoms with Crippen molar-refractivity contribution < 1.29 is 9.53 Å². The molecule has 2 aromatic rings. The number of para-hydroxylation sites is 1. The van der Waals surface area contributed by atoms with Gasteiger partial charge in [0.15, 0.2) is 0 Å². The molecule has 0 heterocycles. The summed E-state index contributed by atoms with van der Waals surface area (Å²) in [6.07, 6.45) is 1.30. The molecule has 1 unspecified atom stereocenters. The molecule has 4 heteroatoms. The molecule has 1 amide bonds. The second-order valence-corrected chi connectivity index (χ2v) is 6.35. The monoisotopic (exact) mass is 340 g/mol. The highest BCUT2D eigenvalue weighted by molar-refractivity contribution is 5.90. The molecule has 0 saturated carbocycles. The fourth-order valence-electron chi connectivity index (χ4n) is 2.88. The molecule has 0 aliphatic heterocycles. The number of benzene rings is 2. The summed E-state index contributed by atoms with van der Waals surface area (Å²) in [7, 11) is 1.68. The van der Waals surface area contributed by atoms with Crippen molar-refractivity contribution in [2.24, 2.45) is 5.92 Å². The summed E-state index contributed by atoms with van der Waals surface area (Å²) in [5.74, 6) is 1.16. The number of amides is 1. The molecule has 0 radical (unpaired) electrons. The Bertz CT molecular complexity index is 685. The Hall–Kier alpha value is -2.33. The number of methoxy groups -OCH3 is 1. The van der Waals surface area contributed by atoms with Crippen LogP contribution in [-0.4, -0.2) is 19.6 Å². The molecular formula is C21H28N2O2. The van der Waals surface area contributed by atoms with Crippen LogP contribution in [0.3, 0.4) is 0 Å². The molecule has 0 saturated heterocycles. The van der Waals surface area contributed by atoms with Crippen molar-refractivity contribution >= 4 is 11.6 Å². The van der Waals surface area contributed by atoms with Gasteiger partial charge in [0.25, 0.3) is 0 Å². The lowest BCUT2D eigenvalue weighted by Crippen LogP contribution is -2.17. The fraction of sp³-hybridized carbons (Fsp3) is 0.381. The standard InChI is InChI=1S/C21H28N2O2/c1-4-22-15-17-8-7-10-19(14-17)23-21(24)13-16(2)12-18-9-5-6-11-20(18)25-3/h5-11,14,16,22H,4,12-13,15H2,1-3H3,(H,23,24). The predicted molar refractivity (Wildman–Crippen MR) is 103 cm³/mol. The lowest BCUT2D eigenvalue weighted by Gasteiger charge is -2.14. The van der Waals surface area contributed by atoms with E-state index in [1.807, 2.05) is 36.4 Å². The van der Waals surface area contributed by atoms with Crippen LogP contribution < -0.4 is 15.4 Å². The summed E-state index contributed by atoms with van der Waals surface area (Å²) >= 11 is 0. The van der Waals surface area contributed by atoms with Gasteiger partial charge in [-0.25, -0.2) is 0 Å². The Morgan fingerprint density at radius 1 is 1.16 bits per heavy atom. The van der Waals surface area contributed by atoms with Gasteiger partial charge in [-0.2, -0.15) is 0 Å². The minimum Gasteiger partial charge on any atom is -0.496 e. The zero-order valence-corrected chi connectivity index (χ0v) is 15.3. The fourth-order valence-corrected chi connectivity index (χ4v) is 2.88. The summed E-state index contributed by atoms with van der Waals surface area (Å²) in [6, 6.07) is 15.9. The smallest absolute Gasteiger partial charge is 0.224 e. The van der Waals surface area contributed by atoms with Crippen LogP contribution >= 0.6 is 0 Å². The number of rotatable bonds is 9. The molecule has 0 spiro atoms. The van der Waals surface area contributed by atoms with Crippen molar-refractivity contribution in [1.29, 1.82) is 0 Å². The molecule has 2 aromatic carbocycles. The average molecular weight is 340 g/mol. The molecule has 0 bridgehead atoms. The van der Waals surface area contributed by atoms with Crippen LogP contribution in [-0.2, 0) is 17.8 Å². The van der Waals surface area contributed by atoms with Gasteiger partial charge in [0.1, 0.15) is 5.75 Å². The molecule has 0 aromatic heterocycles. The van der Waals surface area contributed by atoms with E-state index in [1.54, 1.807) is 7.11 Å². The van der Waals surface area contributed by atoms with Crippen LogP contribution in [0.2, 0.25) is 0 Å². The van der Waals surface area contributed by atoms with Gasteiger partial charge in [0, 0.05) is 18.7 Å². The van der Waals surface area contributed by atoms with Gasteiger partial charge in [0.2, 0.25) is 5.91 Å². The van der Waals surface area contributed by atoms with Gasteiger partial charge in [-0.05, 0) is 48.2 Å². The maximum absolute atomic E-state index is 12.3. The van der Waals surface area contributed by atoms with E-state index in [9.17, 15) is 4.79 Å². The molecule has 1 atom stereocenters. The van der Waals surface area contributed by atoms with Gasteiger partial charge in [-0.3, -0.25) is 4.79 Å². The lowest BCUT2D eigenvalue weighted by atomic mass is 9.97. The maximum atomic E-state index is 12.3. The molecule has 4 nitrogen and oxygen atoms in total. The molecule has 0 aliphatic rings. The molecule has 0 fully saturated rings. The summed E-state index contributed by atoms with van der Waals surface area (Å²) in [5.41, 5.74) is 3.16. The minimum atomic E-state index is 0.0444. The van der Waals surface area contributed by atoms with Crippen LogP contribution in [0, 0.1) is 5.92 Å². The van der Waals surface area contributed by atoms with E-state index in [0.29, 0.717) is 6.42 Å². The Kier molecular flexibility index (Phi) is 7.48. The molecule has 2 rings (SSSR count). The highest BCUT2D eigenvalue weighted by Gasteiger charge is 2.12. The lowest BCUT2D eigenvalue weighted by molar-refractivity contribution is -0.116. The summed E-state index contributed by atoms with van der Waals surface area (Å²) < 4.78 is 5.39. The van der Waals surface area contributed by atoms with E-state index in [0.717, 1.165) is 36.5 Å². The second kappa shape index (κ2) is 9.84. The van der Waals surface area contributed by atoms with E-state index < -0.39 is 0 Å². The Labute approximate surface area is 150 Å². The van der Waals surface area contributed by atoms with Gasteiger partial charge >= 0.3 is 0 Å². The van der Waals surface area contributed by atoms with E-state index in [1.165, 1.54) is 5.56 Å². The number of hydrogen-bond donors (Lipinski definition) is 2. The first kappa shape index (κ1) is 19.0. The predicted octanol–water partition coefficient (Wildman–Crippen LogP) is 4.01. The van der Waals surface area contributed by atoms with Crippen LogP contribution in [0.5, 0.6) is 5.75 Å². The summed E-state index contributed by atoms with van der Waals surface area (Å²) in [6.45, 7) is 5.91. The third kappa shape index (κ3) is 6.24. The Balaban J connectivity index is 1.89. The van der Waals surface area contributed by atoms with Gasteiger partial charge in [-0.1, -0.05) is 44.2 Å². The first-order valence-electron chi connectivity index (χ1n) is 8.83. The molecule has 134 valence electrons. The SMILES string of the molecule is CCNCc1cccc(NC(=O)CC(C)Cc2ccccc2OC)c1. The number of ether oxygens (including phenoxy) is 1. The van der Waals surface area contributed by atoms with Crippen molar-refractivity contribution in [3.63, 3.8) is 0 Å². The van der Waals surface area contributed by atoms with Crippen LogP contribution in [0.4, 0.5) is 5.69 Å². The highest BCUT2D eigenvalue weighted by atomic mass is 16.5. The number of carbonyl (C=O) groups excluding carboxylic acids is 1. The molecule has 25 heavy (non-hydrogen) atoms. The van der Waals surface area contributed by atoms with Crippen molar-refractivity contribution in [2.45, 2.75) is 33.2 Å². The average Bonchev–Trinajstić information content (AvgIpc) is 2.60.